The molecule has 0 saturated heterocycles. The van der Waals surface area contributed by atoms with E-state index >= 15 is 0 Å². The number of hydrogen-bond donors (Lipinski definition) is 1. The van der Waals surface area contributed by atoms with E-state index in [2.05, 4.69) is 9.48 Å². The van der Waals surface area contributed by atoms with Crippen LogP contribution in [0.5, 0.6) is 0 Å². The summed E-state index contributed by atoms with van der Waals surface area (Å²) >= 11 is 0. The summed E-state index contributed by atoms with van der Waals surface area (Å²) in [6, 6.07) is 38.2. The molecule has 6 nitrogen and oxygen atoms in total. The summed E-state index contributed by atoms with van der Waals surface area (Å²) in [4.78, 5) is 1.91. The second kappa shape index (κ2) is 10.1. The van der Waals surface area contributed by atoms with Crippen molar-refractivity contribution in [3.05, 3.63) is 127 Å². The van der Waals surface area contributed by atoms with Gasteiger partial charge in [-0.25, -0.2) is 0 Å². The molecular formula is C33H27N2O4S+. The van der Waals surface area contributed by atoms with Crippen LogP contribution in [0.4, 0.5) is 17.1 Å². The highest BCUT2D eigenvalue weighted by Crippen LogP contribution is 2.43. The average Bonchev–Trinajstić information content (AvgIpc) is 2.99. The lowest BCUT2D eigenvalue weighted by Crippen LogP contribution is -2.21. The van der Waals surface area contributed by atoms with Crippen LogP contribution in [0, 0.1) is 0 Å². The number of benzene rings is 5. The molecule has 1 N–H and O–H groups in total. The van der Waals surface area contributed by atoms with Gasteiger partial charge in [0.15, 0.2) is 0 Å². The van der Waals surface area contributed by atoms with Crippen molar-refractivity contribution in [3.8, 4) is 22.5 Å². The van der Waals surface area contributed by atoms with Crippen molar-refractivity contribution in [2.45, 2.75) is 4.90 Å². The Hall–Kier alpha value is -4.72. The summed E-state index contributed by atoms with van der Waals surface area (Å²) in [6.07, 6.45) is 0. The maximum Gasteiger partial charge on any atom is 0.295 e. The zero-order chi connectivity index (χ0) is 27.9. The minimum absolute atomic E-state index is 0.153. The highest BCUT2D eigenvalue weighted by molar-refractivity contribution is 7.86. The summed E-state index contributed by atoms with van der Waals surface area (Å²) in [5.41, 5.74) is 5.35. The molecule has 40 heavy (non-hydrogen) atoms. The molecule has 0 unspecified atom stereocenters. The van der Waals surface area contributed by atoms with Crippen molar-refractivity contribution >= 4 is 38.1 Å². The summed E-state index contributed by atoms with van der Waals surface area (Å²) < 4.78 is 43.5. The zero-order valence-corrected chi connectivity index (χ0v) is 22.8. The normalized spacial score (nSPS) is 12.5. The Labute approximate surface area is 232 Å². The predicted octanol–water partition coefficient (Wildman–Crippen LogP) is 6.95. The fraction of sp³-hybridized carbons (Fsp3) is 0.0606. The number of hydrogen-bond acceptors (Lipinski definition) is 4. The van der Waals surface area contributed by atoms with E-state index in [0.29, 0.717) is 22.5 Å². The van der Waals surface area contributed by atoms with Crippen molar-refractivity contribution in [1.82, 2.24) is 4.58 Å². The molecule has 0 aromatic heterocycles. The standard InChI is InChI=1S/C33H26N2O4S/c1-34(23-11-5-3-6-12-23)25-17-19-27-30(21-25)39-31-22-26(35(2)24-13-7-4-8-14-24)18-20-28(31)33(27)29-15-9-10-16-32(29)40(36,37)38/h3-22H,1-2H3/p+1. The van der Waals surface area contributed by atoms with E-state index < -0.39 is 10.1 Å². The number of para-hydroxylation sites is 2. The second-order valence-corrected chi connectivity index (χ2v) is 11.0. The third-order valence-electron chi connectivity index (χ3n) is 7.18. The number of nitrogens with zero attached hydrogens (tertiary/aromatic N) is 2. The molecule has 1 aliphatic carbocycles. The number of rotatable bonds is 5. The maximum atomic E-state index is 12.4. The zero-order valence-electron chi connectivity index (χ0n) is 22.0. The minimum atomic E-state index is -4.48. The lowest BCUT2D eigenvalue weighted by molar-refractivity contribution is 0.483. The van der Waals surface area contributed by atoms with Gasteiger partial charge in [-0.1, -0.05) is 54.6 Å². The lowest BCUT2D eigenvalue weighted by Gasteiger charge is -2.21. The van der Waals surface area contributed by atoms with Crippen LogP contribution >= 0.6 is 0 Å². The molecule has 6 rings (SSSR count). The summed E-state index contributed by atoms with van der Waals surface area (Å²) in [5.74, 6) is 0.590. The molecule has 1 heterocycles. The van der Waals surface area contributed by atoms with Gasteiger partial charge < -0.3 is 9.32 Å². The largest absolute Gasteiger partial charge is 0.456 e. The molecule has 0 spiro atoms. The van der Waals surface area contributed by atoms with Gasteiger partial charge in [-0.05, 0) is 36.4 Å². The Morgan fingerprint density at radius 1 is 0.725 bits per heavy atom. The van der Waals surface area contributed by atoms with E-state index in [9.17, 15) is 13.0 Å². The molecule has 0 bridgehead atoms. The van der Waals surface area contributed by atoms with Crippen LogP contribution < -0.4 is 14.8 Å². The fourth-order valence-corrected chi connectivity index (χ4v) is 5.77. The Morgan fingerprint density at radius 3 is 2.12 bits per heavy atom. The SMILES string of the molecule is CN(c1ccccc1)c1ccc2c(-c3ccccc3S(=O)(=O)O)c3ccc(=[N+](C)c4ccccc4)cc-3oc2c1. The fourth-order valence-electron chi connectivity index (χ4n) is 5.07. The first kappa shape index (κ1) is 25.6. The molecule has 7 heteroatoms. The molecule has 4 aromatic carbocycles. The van der Waals surface area contributed by atoms with Crippen LogP contribution in [0.15, 0.2) is 131 Å². The van der Waals surface area contributed by atoms with Gasteiger partial charge in [-0.3, -0.25) is 4.55 Å². The molecule has 198 valence electrons. The third-order valence-corrected chi connectivity index (χ3v) is 8.10. The monoisotopic (exact) mass is 547 g/mol. The summed E-state index contributed by atoms with van der Waals surface area (Å²) in [5, 5.41) is 1.64. The van der Waals surface area contributed by atoms with Gasteiger partial charge in [0.2, 0.25) is 11.0 Å². The van der Waals surface area contributed by atoms with Crippen LogP contribution in [0.25, 0.3) is 33.4 Å². The Balaban J connectivity index is 1.67. The number of anilines is 2. The third kappa shape index (κ3) is 4.66. The van der Waals surface area contributed by atoms with Gasteiger partial charge >= 0.3 is 0 Å². The molecular weight excluding hydrogens is 520 g/mol. The molecule has 0 fully saturated rings. The van der Waals surface area contributed by atoms with E-state index in [-0.39, 0.29) is 4.90 Å². The van der Waals surface area contributed by atoms with Crippen molar-refractivity contribution in [2.24, 2.45) is 0 Å². The van der Waals surface area contributed by atoms with Gasteiger partial charge in [0, 0.05) is 64.8 Å². The Bertz CT molecular complexity index is 2000. The van der Waals surface area contributed by atoms with E-state index in [0.717, 1.165) is 33.4 Å². The quantitative estimate of drug-likeness (QED) is 0.144. The lowest BCUT2D eigenvalue weighted by atomic mass is 9.93. The van der Waals surface area contributed by atoms with Gasteiger partial charge in [0.25, 0.3) is 10.1 Å². The van der Waals surface area contributed by atoms with E-state index in [1.807, 2.05) is 111 Å². The predicted molar refractivity (Wildman–Crippen MR) is 160 cm³/mol. The van der Waals surface area contributed by atoms with Gasteiger partial charge in [0.1, 0.15) is 23.3 Å². The Morgan fingerprint density at radius 2 is 1.40 bits per heavy atom. The molecule has 0 saturated carbocycles. The first-order valence-electron chi connectivity index (χ1n) is 12.8. The van der Waals surface area contributed by atoms with Gasteiger partial charge in [-0.2, -0.15) is 13.0 Å². The highest BCUT2D eigenvalue weighted by atomic mass is 32.2. The molecule has 0 atom stereocenters. The first-order valence-corrected chi connectivity index (χ1v) is 14.2. The maximum absolute atomic E-state index is 12.4. The van der Waals surface area contributed by atoms with E-state index in [4.69, 9.17) is 4.42 Å². The minimum Gasteiger partial charge on any atom is -0.456 e. The van der Waals surface area contributed by atoms with Crippen LogP contribution in [0.1, 0.15) is 0 Å². The van der Waals surface area contributed by atoms with Crippen molar-refractivity contribution in [3.63, 3.8) is 0 Å². The molecule has 2 aliphatic rings. The van der Waals surface area contributed by atoms with Crippen LogP contribution in [0.3, 0.4) is 0 Å². The second-order valence-electron chi connectivity index (χ2n) is 9.60. The van der Waals surface area contributed by atoms with Crippen LogP contribution in [-0.2, 0) is 10.1 Å². The van der Waals surface area contributed by atoms with Crippen molar-refractivity contribution < 1.29 is 17.4 Å². The topological polar surface area (TPSA) is 73.8 Å². The van der Waals surface area contributed by atoms with E-state index in [1.54, 1.807) is 18.2 Å². The summed E-state index contributed by atoms with van der Waals surface area (Å²) in [6.45, 7) is 0. The van der Waals surface area contributed by atoms with Crippen molar-refractivity contribution in [2.75, 3.05) is 19.0 Å². The summed E-state index contributed by atoms with van der Waals surface area (Å²) in [7, 11) is -0.511. The highest BCUT2D eigenvalue weighted by Gasteiger charge is 2.24. The average molecular weight is 548 g/mol. The smallest absolute Gasteiger partial charge is 0.295 e. The molecule has 1 aliphatic heterocycles. The molecule has 4 aromatic rings. The Kier molecular flexibility index (Phi) is 6.46. The molecule has 0 amide bonds. The molecule has 0 radical (unpaired) electrons. The van der Waals surface area contributed by atoms with Gasteiger partial charge in [0.05, 0.1) is 6.07 Å². The van der Waals surface area contributed by atoms with E-state index in [1.165, 1.54) is 6.07 Å². The van der Waals surface area contributed by atoms with Crippen LogP contribution in [0.2, 0.25) is 0 Å². The van der Waals surface area contributed by atoms with Crippen LogP contribution in [-0.4, -0.2) is 27.1 Å². The number of fused-ring (bicyclic) bond motifs is 2. The van der Waals surface area contributed by atoms with Gasteiger partial charge in [-0.15, -0.1) is 0 Å². The first-order chi connectivity index (χ1) is 19.3. The van der Waals surface area contributed by atoms with Crippen molar-refractivity contribution in [1.29, 1.82) is 0 Å².